The molecule has 15 aromatic carbocycles. The van der Waals surface area contributed by atoms with Gasteiger partial charge in [0.1, 0.15) is 0 Å². The summed E-state index contributed by atoms with van der Waals surface area (Å²) in [6.07, 6.45) is 0. The molecular weight excluding hydrogens is 1550 g/mol. The smallest absolute Gasteiger partial charge is 0.0632 e. The number of para-hydroxylation sites is 3. The summed E-state index contributed by atoms with van der Waals surface area (Å²) < 4.78 is 107. The van der Waals surface area contributed by atoms with Crippen LogP contribution in [0.2, 0.25) is 0 Å². The molecule has 1 aromatic heterocycles. The number of aromatic nitrogens is 1. The second-order valence-corrected chi connectivity index (χ2v) is 37.7. The Morgan fingerprint density at radius 1 is 0.233 bits per heavy atom. The van der Waals surface area contributed by atoms with E-state index >= 15 is 0 Å². The summed E-state index contributed by atoms with van der Waals surface area (Å²) in [5.41, 5.74) is 29.0. The zero-order valence-electron chi connectivity index (χ0n) is 95.1. The van der Waals surface area contributed by atoms with Gasteiger partial charge in [-0.2, -0.15) is 0 Å². The minimum absolute atomic E-state index is 0.00504. The Balaban J connectivity index is 0.000000184. The predicted octanol–water partition coefficient (Wildman–Crippen LogP) is 38.9. The van der Waals surface area contributed by atoms with Crippen LogP contribution in [0.4, 0.5) is 0 Å². The summed E-state index contributed by atoms with van der Waals surface area (Å²) in [6, 6.07) is 103. The van der Waals surface area contributed by atoms with Crippen molar-refractivity contribution in [2.45, 2.75) is 251 Å². The molecule has 16 aromatic rings. The van der Waals surface area contributed by atoms with Gasteiger partial charge in [0.05, 0.1) is 27.5 Å². The third-order valence-electron chi connectivity index (χ3n) is 23.2. The van der Waals surface area contributed by atoms with Crippen molar-refractivity contribution in [2.75, 3.05) is 0 Å². The predicted molar refractivity (Wildman–Crippen MR) is 571 cm³/mol. The van der Waals surface area contributed by atoms with E-state index in [-0.39, 0.29) is 89.4 Å². The van der Waals surface area contributed by atoms with Gasteiger partial charge in [0.2, 0.25) is 0 Å². The molecule has 0 bridgehead atoms. The van der Waals surface area contributed by atoms with Crippen molar-refractivity contribution in [3.8, 4) is 61.3 Å². The Bertz CT molecular complexity index is 6690. The quantitative estimate of drug-likeness (QED) is 0.0856. The normalized spacial score (nSPS) is 12.7. The fourth-order valence-corrected chi connectivity index (χ4v) is 16.9. The van der Waals surface area contributed by atoms with E-state index in [1.54, 1.807) is 25.1 Å². The molecule has 0 atom stereocenters. The first-order valence-electron chi connectivity index (χ1n) is 53.2. The molecule has 1 heteroatoms. The Hall–Kier alpha value is -11.9. The third kappa shape index (κ3) is 28.1. The molecule has 0 amide bonds. The second-order valence-electron chi connectivity index (χ2n) is 37.7. The van der Waals surface area contributed by atoms with E-state index in [1.165, 1.54) is 112 Å². The summed E-state index contributed by atoms with van der Waals surface area (Å²) in [5, 5.41) is 2.63. The maximum absolute atomic E-state index is 8.52. The Kier molecular flexibility index (Phi) is 31.8. The number of hydrogen-bond donors (Lipinski definition) is 0. The Morgan fingerprint density at radius 3 is 0.977 bits per heavy atom. The Labute approximate surface area is 799 Å². The van der Waals surface area contributed by atoms with Gasteiger partial charge in [-0.1, -0.05) is 536 Å². The van der Waals surface area contributed by atoms with Crippen molar-refractivity contribution in [3.05, 3.63) is 448 Å². The molecule has 0 saturated heterocycles. The lowest BCUT2D eigenvalue weighted by Gasteiger charge is -2.24. The topological polar surface area (TPSA) is 4.93 Å². The van der Waals surface area contributed by atoms with Crippen LogP contribution in [0.15, 0.2) is 376 Å². The number of rotatable bonds is 17. The first-order chi connectivity index (χ1) is 67.1. The molecule has 16 rings (SSSR count). The standard InChI is InChI=1S/C22H22.C21H19N.C18H22.2C15H16.C13H20.2C12H18/c1-16(2)22-20(18-10-5-4-6-11-18)13-8-14-21(22)19-12-7-9-17(3)15-19;1-15(2)16-9-3-6-12-19(16)22-20-13-7-4-10-17(20)18-11-5-8-14-21(18)22;1-13(2)16-11-8-12-17(18(16)14(3)4)15-9-6-5-7-10-15;2*1-12(2)14-10-6-7-11-15(14)13-8-4-3-5-9-13;1-10(2)11-8-6-7-9-12(11)13(3,4)5;2*1-9(2)11-7-5-6-8-12(11)10(3)4/h4-16H,1-3H3;3-15H,1-2H3;5-14H,1-4H3;2*3-12H,1-2H3;6-10H,1-5H3;2*5-10H,1-4H3/i4D,5D,6D,7D,9D,10D,12D,15D;;;3D,4D,5D,8D;;;9D;. The SMILES string of the molecule is CC(C)c1cccc(-c2ccccc2)c1C(C)C.CC(C)c1ccccc1-c1ccccc1.CC(C)c1ccccc1-n1c2ccccc2c2ccccc21.CC(C)c1ccccc1C(C)(C)C.CC(C)c1ccccc1C(C)C.[2H]C(C)(C)c1ccccc1C(C)C.[2H]c1cc(-c2cccc(-c3c([2H])c([2H])c([2H])c(C)c3[2H])c2C(C)C)c([2H])c([2H])c1[2H].[2H]c1cc(-c2ccccc2C(C)C)c([2H])c([2H])c1[2H]. The molecule has 0 N–H and O–H groups in total. The summed E-state index contributed by atoms with van der Waals surface area (Å²) >= 11 is 0. The molecule has 0 unspecified atom stereocenters. The highest BCUT2D eigenvalue weighted by molar-refractivity contribution is 6.09. The van der Waals surface area contributed by atoms with Crippen molar-refractivity contribution in [2.24, 2.45) is 0 Å². The maximum Gasteiger partial charge on any atom is 0.0632 e. The highest BCUT2D eigenvalue weighted by Crippen LogP contribution is 2.41. The number of nitrogens with zero attached hydrogens (tertiary/aromatic N) is 1. The molecule has 668 valence electrons. The molecule has 0 aliphatic heterocycles. The van der Waals surface area contributed by atoms with Crippen LogP contribution in [0.3, 0.4) is 0 Å². The van der Waals surface area contributed by atoms with Crippen molar-refractivity contribution in [3.63, 3.8) is 0 Å². The molecule has 0 saturated carbocycles. The van der Waals surface area contributed by atoms with Gasteiger partial charge in [0.15, 0.2) is 0 Å². The van der Waals surface area contributed by atoms with Crippen molar-refractivity contribution >= 4 is 21.8 Å². The molecule has 0 spiro atoms. The van der Waals surface area contributed by atoms with E-state index in [0.29, 0.717) is 81.1 Å². The monoisotopic (exact) mass is 1720 g/mol. The zero-order valence-corrected chi connectivity index (χ0v) is 82.1. The van der Waals surface area contributed by atoms with Gasteiger partial charge in [0.25, 0.3) is 0 Å². The van der Waals surface area contributed by atoms with E-state index in [9.17, 15) is 0 Å². The van der Waals surface area contributed by atoms with Gasteiger partial charge in [0, 0.05) is 17.8 Å². The van der Waals surface area contributed by atoms with E-state index in [4.69, 9.17) is 17.8 Å². The van der Waals surface area contributed by atoms with Crippen molar-refractivity contribution < 1.29 is 17.8 Å². The average Bonchev–Trinajstić information content (AvgIpc) is 1.66. The van der Waals surface area contributed by atoms with Gasteiger partial charge in [-0.25, -0.2) is 0 Å². The molecule has 1 nitrogen and oxygen atoms in total. The molecule has 0 aliphatic carbocycles. The van der Waals surface area contributed by atoms with Crippen LogP contribution in [-0.2, 0) is 5.41 Å². The lowest BCUT2D eigenvalue weighted by Crippen LogP contribution is -2.14. The molecule has 1 heterocycles. The largest absolute Gasteiger partial charge is 0.309 e. The average molecular weight is 1720 g/mol. The van der Waals surface area contributed by atoms with Crippen LogP contribution >= 0.6 is 0 Å². The first-order valence-corrected chi connectivity index (χ1v) is 46.7. The second kappa shape index (κ2) is 49.6. The van der Waals surface area contributed by atoms with E-state index in [2.05, 4.69) is 387 Å². The highest BCUT2D eigenvalue weighted by atomic mass is 15.0. The maximum atomic E-state index is 8.52. The fraction of sp³-hybridized carbons (Fsp3) is 0.297. The van der Waals surface area contributed by atoms with Crippen LogP contribution in [0.25, 0.3) is 83.1 Å². The van der Waals surface area contributed by atoms with Gasteiger partial charge in [-0.05, 0) is 218 Å². The third-order valence-corrected chi connectivity index (χ3v) is 23.2. The van der Waals surface area contributed by atoms with Gasteiger partial charge < -0.3 is 4.57 Å². The van der Waals surface area contributed by atoms with E-state index in [1.807, 2.05) is 64.1 Å². The number of benzene rings is 15. The molecule has 0 radical (unpaired) electrons. The van der Waals surface area contributed by atoms with Crippen molar-refractivity contribution in [1.82, 2.24) is 4.57 Å². The van der Waals surface area contributed by atoms with Crippen LogP contribution in [0.1, 0.15) is 328 Å². The minimum Gasteiger partial charge on any atom is -0.309 e. The highest BCUT2D eigenvalue weighted by Gasteiger charge is 2.22. The molecular formula is C128H151N. The summed E-state index contributed by atoms with van der Waals surface area (Å²) in [6.45, 7) is 56.3. The van der Waals surface area contributed by atoms with Crippen molar-refractivity contribution in [1.29, 1.82) is 0 Å². The lowest BCUT2D eigenvalue weighted by molar-refractivity contribution is 0.577. The number of fused-ring (bicyclic) bond motifs is 3. The molecule has 0 fully saturated rings. The molecule has 0 aliphatic rings. The Morgan fingerprint density at radius 2 is 0.550 bits per heavy atom. The van der Waals surface area contributed by atoms with Gasteiger partial charge in [-0.3, -0.25) is 0 Å². The summed E-state index contributed by atoms with van der Waals surface area (Å²) in [5.74, 6) is 4.33. The van der Waals surface area contributed by atoms with Crippen LogP contribution in [0.5, 0.6) is 0 Å². The molecule has 129 heavy (non-hydrogen) atoms. The van der Waals surface area contributed by atoms with Crippen LogP contribution < -0.4 is 0 Å². The van der Waals surface area contributed by atoms with E-state index < -0.39 is 5.89 Å². The van der Waals surface area contributed by atoms with E-state index in [0.717, 1.165) is 22.3 Å². The summed E-state index contributed by atoms with van der Waals surface area (Å²) in [4.78, 5) is 0. The van der Waals surface area contributed by atoms with Crippen LogP contribution in [0, 0.1) is 6.92 Å². The van der Waals surface area contributed by atoms with Gasteiger partial charge >= 0.3 is 0 Å². The minimum atomic E-state index is -0.485. The van der Waals surface area contributed by atoms with Crippen LogP contribution in [-0.4, -0.2) is 4.57 Å². The zero-order chi connectivity index (χ0) is 105. The van der Waals surface area contributed by atoms with Gasteiger partial charge in [-0.15, -0.1) is 0 Å². The number of hydrogen-bond acceptors (Lipinski definition) is 0. The summed E-state index contributed by atoms with van der Waals surface area (Å²) in [7, 11) is 0. The first kappa shape index (κ1) is 82.8. The fourth-order valence-electron chi connectivity index (χ4n) is 16.9. The lowest BCUT2D eigenvalue weighted by atomic mass is 9.81.